The molecule has 0 atom stereocenters. The molecule has 29 heavy (non-hydrogen) atoms. The fourth-order valence-electron chi connectivity index (χ4n) is 3.22. The number of para-hydroxylation sites is 1. The molecule has 1 saturated heterocycles. The second-order valence-corrected chi connectivity index (χ2v) is 7.57. The maximum absolute atomic E-state index is 10.9. The number of aromatic nitrogens is 3. The van der Waals surface area contributed by atoms with Crippen LogP contribution in [0, 0.1) is 14.9 Å². The van der Waals surface area contributed by atoms with E-state index >= 15 is 0 Å². The van der Waals surface area contributed by atoms with E-state index in [-0.39, 0.29) is 11.3 Å². The summed E-state index contributed by atoms with van der Waals surface area (Å²) in [5.74, 6) is 0.811. The Balaban J connectivity index is 1.91. The van der Waals surface area contributed by atoms with Crippen molar-refractivity contribution in [1.82, 2.24) is 14.8 Å². The first-order chi connectivity index (χ1) is 14.2. The molecule has 0 spiro atoms. The number of hydrogen-bond acceptors (Lipinski definition) is 6. The quantitative estimate of drug-likeness (QED) is 0.335. The van der Waals surface area contributed by atoms with Crippen molar-refractivity contribution in [3.8, 4) is 11.8 Å². The Hall–Kier alpha value is -2.90. The summed E-state index contributed by atoms with van der Waals surface area (Å²) in [5, 5.41) is 29.5. The van der Waals surface area contributed by atoms with Crippen LogP contribution in [0.2, 0.25) is 0 Å². The highest BCUT2D eigenvalue weighted by molar-refractivity contribution is 14.1. The monoisotopic (exact) mass is 499 g/mol. The topological polar surface area (TPSA) is 87.2 Å². The summed E-state index contributed by atoms with van der Waals surface area (Å²) in [6, 6.07) is 19.1. The Kier molecular flexibility index (Phi) is 5.78. The van der Waals surface area contributed by atoms with Gasteiger partial charge in [-0.15, -0.1) is 10.2 Å². The highest BCUT2D eigenvalue weighted by atomic mass is 127. The number of anilines is 1. The van der Waals surface area contributed by atoms with E-state index in [9.17, 15) is 10.4 Å². The fourth-order valence-corrected chi connectivity index (χ4v) is 3.86. The summed E-state index contributed by atoms with van der Waals surface area (Å²) >= 11 is 2.14. The Morgan fingerprint density at radius 3 is 2.41 bits per heavy atom. The summed E-state index contributed by atoms with van der Waals surface area (Å²) in [5.41, 5.74) is 1.47. The van der Waals surface area contributed by atoms with Gasteiger partial charge < -0.3 is 14.7 Å². The molecule has 1 aliphatic rings. The van der Waals surface area contributed by atoms with E-state index in [2.05, 4.69) is 43.8 Å². The predicted octanol–water partition coefficient (Wildman–Crippen LogP) is 3.66. The highest BCUT2D eigenvalue weighted by Gasteiger charge is 2.25. The van der Waals surface area contributed by atoms with Crippen molar-refractivity contribution in [2.24, 2.45) is 0 Å². The van der Waals surface area contributed by atoms with Gasteiger partial charge in [0.1, 0.15) is 17.4 Å². The van der Waals surface area contributed by atoms with Crippen LogP contribution in [0.15, 0.2) is 54.6 Å². The van der Waals surface area contributed by atoms with Crippen LogP contribution >= 0.6 is 22.6 Å². The van der Waals surface area contributed by atoms with Gasteiger partial charge in [0, 0.05) is 22.2 Å². The van der Waals surface area contributed by atoms with Crippen LogP contribution in [0.5, 0.6) is 0 Å². The lowest BCUT2D eigenvalue weighted by Crippen LogP contribution is -2.38. The zero-order valence-corrected chi connectivity index (χ0v) is 17.7. The molecule has 4 rings (SSSR count). The van der Waals surface area contributed by atoms with Crippen LogP contribution in [0.3, 0.4) is 0 Å². The van der Waals surface area contributed by atoms with E-state index in [4.69, 9.17) is 4.74 Å². The first-order valence-corrected chi connectivity index (χ1v) is 10.2. The van der Waals surface area contributed by atoms with Gasteiger partial charge in [-0.05, 0) is 40.8 Å². The molecule has 0 aliphatic carbocycles. The van der Waals surface area contributed by atoms with Gasteiger partial charge in [-0.2, -0.15) is 5.26 Å². The lowest BCUT2D eigenvalue weighted by Gasteiger charge is -2.28. The normalized spacial score (nSPS) is 15.0. The molecular weight excluding hydrogens is 481 g/mol. The van der Waals surface area contributed by atoms with Crippen molar-refractivity contribution < 1.29 is 9.84 Å². The summed E-state index contributed by atoms with van der Waals surface area (Å²) in [7, 11) is 0. The van der Waals surface area contributed by atoms with Crippen molar-refractivity contribution in [1.29, 1.82) is 5.26 Å². The fraction of sp³-hybridized carbons (Fsp3) is 0.190. The molecular formula is C21H18IN5O2. The van der Waals surface area contributed by atoms with E-state index in [0.717, 1.165) is 9.26 Å². The van der Waals surface area contributed by atoms with Gasteiger partial charge in [-0.25, -0.2) is 0 Å². The first-order valence-electron chi connectivity index (χ1n) is 9.13. The average molecular weight is 499 g/mol. The number of benzene rings is 2. The van der Waals surface area contributed by atoms with Gasteiger partial charge in [0.25, 0.3) is 0 Å². The number of aliphatic hydroxyl groups is 1. The lowest BCUT2D eigenvalue weighted by atomic mass is 10.1. The number of hydrogen-bond donors (Lipinski definition) is 1. The van der Waals surface area contributed by atoms with E-state index in [1.165, 1.54) is 0 Å². The molecule has 146 valence electrons. The van der Waals surface area contributed by atoms with Gasteiger partial charge in [0.05, 0.1) is 18.9 Å². The van der Waals surface area contributed by atoms with Crippen LogP contribution in [-0.4, -0.2) is 46.2 Å². The van der Waals surface area contributed by atoms with Crippen molar-refractivity contribution in [2.75, 3.05) is 31.2 Å². The molecule has 1 aromatic heterocycles. The summed E-state index contributed by atoms with van der Waals surface area (Å²) in [6.07, 6.45) is 0. The summed E-state index contributed by atoms with van der Waals surface area (Å²) in [6.45, 7) is 2.56. The number of ether oxygens (including phenoxy) is 1. The number of rotatable bonds is 4. The van der Waals surface area contributed by atoms with Gasteiger partial charge >= 0.3 is 0 Å². The van der Waals surface area contributed by atoms with E-state index in [1.54, 1.807) is 6.07 Å². The van der Waals surface area contributed by atoms with Crippen LogP contribution in [0.1, 0.15) is 11.4 Å². The third-order valence-electron chi connectivity index (χ3n) is 4.66. The van der Waals surface area contributed by atoms with Crippen LogP contribution in [-0.2, 0) is 4.74 Å². The van der Waals surface area contributed by atoms with Crippen molar-refractivity contribution in [2.45, 2.75) is 0 Å². The number of nitrogens with zero attached hydrogens (tertiary/aromatic N) is 5. The van der Waals surface area contributed by atoms with Gasteiger partial charge in [0.15, 0.2) is 5.82 Å². The minimum Gasteiger partial charge on any atom is -0.506 e. The maximum Gasteiger partial charge on any atom is 0.232 e. The molecule has 7 nitrogen and oxygen atoms in total. The summed E-state index contributed by atoms with van der Waals surface area (Å²) < 4.78 is 8.11. The molecule has 0 saturated carbocycles. The lowest BCUT2D eigenvalue weighted by molar-refractivity contribution is 0.122. The molecule has 1 aliphatic heterocycles. The zero-order valence-electron chi connectivity index (χ0n) is 15.5. The number of halogens is 1. The van der Waals surface area contributed by atoms with Gasteiger partial charge in [0.2, 0.25) is 5.95 Å². The smallest absolute Gasteiger partial charge is 0.232 e. The molecule has 1 fully saturated rings. The molecule has 2 aromatic carbocycles. The number of morpholine rings is 1. The molecule has 8 heteroatoms. The number of nitriles is 1. The van der Waals surface area contributed by atoms with Crippen LogP contribution in [0.4, 0.5) is 5.95 Å². The van der Waals surface area contributed by atoms with Gasteiger partial charge in [-0.1, -0.05) is 36.4 Å². The molecule has 0 radical (unpaired) electrons. The predicted molar refractivity (Wildman–Crippen MR) is 119 cm³/mol. The molecule has 3 aromatic rings. The third-order valence-corrected chi connectivity index (χ3v) is 5.60. The molecule has 0 amide bonds. The second kappa shape index (κ2) is 8.63. The second-order valence-electron chi connectivity index (χ2n) is 6.41. The van der Waals surface area contributed by atoms with E-state index in [0.29, 0.717) is 43.6 Å². The minimum atomic E-state index is -0.115. The Labute approximate surface area is 182 Å². The van der Waals surface area contributed by atoms with Crippen LogP contribution in [0.25, 0.3) is 17.0 Å². The molecule has 0 bridgehead atoms. The van der Waals surface area contributed by atoms with E-state index in [1.807, 2.05) is 53.1 Å². The standard InChI is InChI=1S/C21H18IN5O2/c22-18-9-5-4-8-16(18)19(28)17(14-23)20-24-25-21(26-10-12-29-13-11-26)27(20)15-6-2-1-3-7-15/h1-9,28H,10-13H2. The van der Waals surface area contributed by atoms with Crippen molar-refractivity contribution in [3.05, 3.63) is 69.6 Å². The molecule has 2 heterocycles. The van der Waals surface area contributed by atoms with Crippen molar-refractivity contribution >= 4 is 39.9 Å². The number of allylic oxidation sites excluding steroid dienone is 1. The number of aliphatic hydroxyl groups excluding tert-OH is 1. The first kappa shape index (κ1) is 19.4. The minimum absolute atomic E-state index is 0.0741. The Morgan fingerprint density at radius 2 is 1.72 bits per heavy atom. The Morgan fingerprint density at radius 1 is 1.03 bits per heavy atom. The van der Waals surface area contributed by atoms with E-state index < -0.39 is 0 Å². The van der Waals surface area contributed by atoms with Crippen molar-refractivity contribution in [3.63, 3.8) is 0 Å². The third kappa shape index (κ3) is 3.83. The Bertz CT molecular complexity index is 1080. The SMILES string of the molecule is N#CC(=C(O)c1ccccc1I)c1nnc(N2CCOCC2)n1-c1ccccc1. The molecule has 0 unspecified atom stereocenters. The zero-order chi connectivity index (χ0) is 20.2. The van der Waals surface area contributed by atoms with Crippen LogP contribution < -0.4 is 4.90 Å². The maximum atomic E-state index is 10.9. The summed E-state index contributed by atoms with van der Waals surface area (Å²) in [4.78, 5) is 2.07. The largest absolute Gasteiger partial charge is 0.506 e. The highest BCUT2D eigenvalue weighted by Crippen LogP contribution is 2.30. The average Bonchev–Trinajstić information content (AvgIpc) is 3.20. The molecule has 1 N–H and O–H groups in total. The van der Waals surface area contributed by atoms with Gasteiger partial charge in [-0.3, -0.25) is 4.57 Å².